The summed E-state index contributed by atoms with van der Waals surface area (Å²) in [6.45, 7) is 9.94. The lowest BCUT2D eigenvalue weighted by molar-refractivity contribution is -0.205. The number of aliphatic hydroxyl groups is 1. The van der Waals surface area contributed by atoms with E-state index in [1.807, 2.05) is 20.8 Å². The lowest BCUT2D eigenvalue weighted by Gasteiger charge is -2.29. The van der Waals surface area contributed by atoms with Crippen LogP contribution in [0.3, 0.4) is 0 Å². The van der Waals surface area contributed by atoms with Crippen LogP contribution >= 0.6 is 0 Å². The van der Waals surface area contributed by atoms with E-state index in [9.17, 15) is 14.7 Å². The molecule has 1 saturated heterocycles. The smallest absolute Gasteiger partial charge is 0.427 e. The highest BCUT2D eigenvalue weighted by molar-refractivity contribution is 5.78. The maximum absolute atomic E-state index is 11.7. The first-order valence-electron chi connectivity index (χ1n) is 7.61. The molecule has 1 atom stereocenters. The van der Waals surface area contributed by atoms with Gasteiger partial charge >= 0.3 is 6.16 Å². The SMILES string of the molecule is CCC(C)(C)OCCC(C)(C)OC(=O)ON1C(=O)CCC1O. The summed E-state index contributed by atoms with van der Waals surface area (Å²) in [4.78, 5) is 27.9. The Balaban J connectivity index is 2.40. The van der Waals surface area contributed by atoms with Crippen LogP contribution in [0.2, 0.25) is 0 Å². The molecule has 1 unspecified atom stereocenters. The second-order valence-corrected chi connectivity index (χ2v) is 6.65. The molecule has 0 spiro atoms. The minimum Gasteiger partial charge on any atom is -0.427 e. The van der Waals surface area contributed by atoms with E-state index in [-0.39, 0.29) is 18.4 Å². The van der Waals surface area contributed by atoms with E-state index in [1.54, 1.807) is 13.8 Å². The standard InChI is InChI=1S/C15H27NO6/c1-6-14(2,3)20-10-9-15(4,5)21-13(19)22-16-11(17)7-8-12(16)18/h11,17H,6-10H2,1-5H3. The first kappa shape index (κ1) is 18.7. The number of rotatable bonds is 7. The molecule has 1 aliphatic rings. The van der Waals surface area contributed by atoms with Crippen LogP contribution in [0.25, 0.3) is 0 Å². The van der Waals surface area contributed by atoms with Crippen molar-refractivity contribution < 1.29 is 29.0 Å². The molecule has 0 aromatic heterocycles. The van der Waals surface area contributed by atoms with E-state index >= 15 is 0 Å². The molecule has 22 heavy (non-hydrogen) atoms. The van der Waals surface area contributed by atoms with Gasteiger partial charge in [-0.2, -0.15) is 0 Å². The third kappa shape index (κ3) is 5.81. The van der Waals surface area contributed by atoms with Crippen LogP contribution in [0.1, 0.15) is 60.3 Å². The number of carbonyl (C=O) groups excluding carboxylic acids is 2. The highest BCUT2D eigenvalue weighted by Gasteiger charge is 2.35. The Bertz CT molecular complexity index is 407. The van der Waals surface area contributed by atoms with E-state index in [4.69, 9.17) is 14.3 Å². The molecular weight excluding hydrogens is 290 g/mol. The summed E-state index contributed by atoms with van der Waals surface area (Å²) < 4.78 is 10.9. The van der Waals surface area contributed by atoms with Gasteiger partial charge in [-0.15, -0.1) is 5.06 Å². The molecule has 7 heteroatoms. The minimum absolute atomic E-state index is 0.151. The topological polar surface area (TPSA) is 85.3 Å². The molecule has 0 bridgehead atoms. The van der Waals surface area contributed by atoms with Gasteiger partial charge in [-0.3, -0.25) is 4.79 Å². The first-order chi connectivity index (χ1) is 10.1. The van der Waals surface area contributed by atoms with Gasteiger partial charge in [0.1, 0.15) is 5.60 Å². The number of ether oxygens (including phenoxy) is 2. The van der Waals surface area contributed by atoms with Gasteiger partial charge in [0.15, 0.2) is 6.23 Å². The molecule has 1 rings (SSSR count). The van der Waals surface area contributed by atoms with Crippen LogP contribution in [0, 0.1) is 0 Å². The fourth-order valence-corrected chi connectivity index (χ4v) is 1.81. The van der Waals surface area contributed by atoms with Crippen LogP contribution in [0.15, 0.2) is 0 Å². The van der Waals surface area contributed by atoms with Crippen LogP contribution in [-0.4, -0.2) is 46.3 Å². The number of aliphatic hydroxyl groups excluding tert-OH is 1. The molecule has 1 aliphatic heterocycles. The van der Waals surface area contributed by atoms with Gasteiger partial charge in [0.25, 0.3) is 5.91 Å². The average Bonchev–Trinajstić information content (AvgIpc) is 2.69. The van der Waals surface area contributed by atoms with Crippen LogP contribution in [0.5, 0.6) is 0 Å². The van der Waals surface area contributed by atoms with E-state index in [0.29, 0.717) is 18.1 Å². The number of carbonyl (C=O) groups is 2. The van der Waals surface area contributed by atoms with E-state index in [2.05, 4.69) is 0 Å². The number of amides is 1. The zero-order valence-corrected chi connectivity index (χ0v) is 14.0. The third-order valence-corrected chi connectivity index (χ3v) is 3.71. The van der Waals surface area contributed by atoms with Crippen molar-refractivity contribution in [3.8, 4) is 0 Å². The minimum atomic E-state index is -1.10. The Morgan fingerprint density at radius 3 is 2.45 bits per heavy atom. The van der Waals surface area contributed by atoms with Gasteiger partial charge in [0.2, 0.25) is 0 Å². The normalized spacial score (nSPS) is 19.5. The lowest BCUT2D eigenvalue weighted by atomic mass is 10.0. The van der Waals surface area contributed by atoms with Gasteiger partial charge in [-0.25, -0.2) is 4.79 Å². The Labute approximate surface area is 131 Å². The van der Waals surface area contributed by atoms with Crippen LogP contribution in [0.4, 0.5) is 4.79 Å². The van der Waals surface area contributed by atoms with Crippen LogP contribution in [-0.2, 0) is 19.1 Å². The number of nitrogens with zero attached hydrogens (tertiary/aromatic N) is 1. The first-order valence-corrected chi connectivity index (χ1v) is 7.61. The van der Waals surface area contributed by atoms with Crippen molar-refractivity contribution >= 4 is 12.1 Å². The second-order valence-electron chi connectivity index (χ2n) is 6.65. The van der Waals surface area contributed by atoms with Gasteiger partial charge < -0.3 is 19.4 Å². The van der Waals surface area contributed by atoms with Crippen molar-refractivity contribution in [1.29, 1.82) is 0 Å². The molecule has 0 aromatic rings. The highest BCUT2D eigenvalue weighted by atomic mass is 16.8. The fraction of sp³-hybridized carbons (Fsp3) is 0.867. The number of hydrogen-bond donors (Lipinski definition) is 1. The Kier molecular flexibility index (Phi) is 6.19. The highest BCUT2D eigenvalue weighted by Crippen LogP contribution is 2.22. The number of hydroxylamine groups is 2. The lowest BCUT2D eigenvalue weighted by Crippen LogP contribution is -2.38. The summed E-state index contributed by atoms with van der Waals surface area (Å²) in [7, 11) is 0. The van der Waals surface area contributed by atoms with Crippen LogP contribution < -0.4 is 0 Å². The van der Waals surface area contributed by atoms with Crippen molar-refractivity contribution in [2.24, 2.45) is 0 Å². The van der Waals surface area contributed by atoms with Gasteiger partial charge in [-0.05, 0) is 34.1 Å². The summed E-state index contributed by atoms with van der Waals surface area (Å²) in [5.74, 6) is -0.435. The molecule has 1 N–H and O–H groups in total. The molecule has 0 radical (unpaired) electrons. The maximum Gasteiger partial charge on any atom is 0.534 e. The largest absolute Gasteiger partial charge is 0.534 e. The summed E-state index contributed by atoms with van der Waals surface area (Å²) in [5, 5.41) is 10.2. The Morgan fingerprint density at radius 1 is 1.32 bits per heavy atom. The summed E-state index contributed by atoms with van der Waals surface area (Å²) >= 11 is 0. The fourth-order valence-electron chi connectivity index (χ4n) is 1.81. The summed E-state index contributed by atoms with van der Waals surface area (Å²) in [6, 6.07) is 0. The third-order valence-electron chi connectivity index (χ3n) is 3.71. The van der Waals surface area contributed by atoms with E-state index < -0.39 is 23.9 Å². The Hall–Kier alpha value is -1.34. The molecule has 0 saturated carbocycles. The van der Waals surface area contributed by atoms with Crippen molar-refractivity contribution in [1.82, 2.24) is 5.06 Å². The van der Waals surface area contributed by atoms with Crippen molar-refractivity contribution in [2.75, 3.05) is 6.61 Å². The molecule has 7 nitrogen and oxygen atoms in total. The molecule has 1 heterocycles. The molecular formula is C15H27NO6. The zero-order chi connectivity index (χ0) is 17.0. The van der Waals surface area contributed by atoms with Crippen molar-refractivity contribution in [2.45, 2.75) is 77.7 Å². The summed E-state index contributed by atoms with van der Waals surface area (Å²) in [5.41, 5.74) is -1.02. The summed E-state index contributed by atoms with van der Waals surface area (Å²) in [6.07, 6.45) is -0.341. The predicted octanol–water partition coefficient (Wildman–Crippen LogP) is 2.37. The Morgan fingerprint density at radius 2 is 1.95 bits per heavy atom. The van der Waals surface area contributed by atoms with Gasteiger partial charge in [-0.1, -0.05) is 6.92 Å². The van der Waals surface area contributed by atoms with Gasteiger partial charge in [0, 0.05) is 19.3 Å². The maximum atomic E-state index is 11.7. The van der Waals surface area contributed by atoms with Crippen molar-refractivity contribution in [3.63, 3.8) is 0 Å². The zero-order valence-electron chi connectivity index (χ0n) is 14.0. The average molecular weight is 317 g/mol. The molecule has 0 aromatic carbocycles. The monoisotopic (exact) mass is 317 g/mol. The molecule has 0 aliphatic carbocycles. The van der Waals surface area contributed by atoms with E-state index in [1.165, 1.54) is 0 Å². The van der Waals surface area contributed by atoms with Crippen molar-refractivity contribution in [3.05, 3.63) is 0 Å². The van der Waals surface area contributed by atoms with Gasteiger partial charge in [0.05, 0.1) is 12.2 Å². The predicted molar refractivity (Wildman–Crippen MR) is 78.7 cm³/mol. The van der Waals surface area contributed by atoms with E-state index in [0.717, 1.165) is 6.42 Å². The number of hydrogen-bond acceptors (Lipinski definition) is 6. The second kappa shape index (κ2) is 7.28. The molecule has 1 amide bonds. The molecule has 1 fully saturated rings. The molecule has 128 valence electrons. The quantitative estimate of drug-likeness (QED) is 0.726.